The highest BCUT2D eigenvalue weighted by molar-refractivity contribution is 14.1. The van der Waals surface area contributed by atoms with Crippen molar-refractivity contribution in [1.82, 2.24) is 4.72 Å². The van der Waals surface area contributed by atoms with E-state index in [1.54, 1.807) is 36.4 Å². The van der Waals surface area contributed by atoms with Crippen molar-refractivity contribution < 1.29 is 18.3 Å². The normalized spacial score (nSPS) is 12.7. The molecule has 0 aliphatic rings. The lowest BCUT2D eigenvalue weighted by molar-refractivity contribution is -0.137. The van der Waals surface area contributed by atoms with E-state index in [9.17, 15) is 13.2 Å². The molecule has 0 unspecified atom stereocenters. The number of rotatable bonds is 7. The van der Waals surface area contributed by atoms with Crippen LogP contribution in [0.5, 0.6) is 0 Å². The first-order valence-electron chi connectivity index (χ1n) is 6.90. The number of carboxylic acid groups (broad SMARTS) is 1. The van der Waals surface area contributed by atoms with E-state index >= 15 is 0 Å². The molecule has 0 radical (unpaired) electrons. The van der Waals surface area contributed by atoms with E-state index in [0.717, 1.165) is 9.13 Å². The van der Waals surface area contributed by atoms with Crippen molar-refractivity contribution in [3.8, 4) is 0 Å². The molecule has 0 bridgehead atoms. The Labute approximate surface area is 148 Å². The molecule has 0 saturated carbocycles. The fraction of sp³-hybridized carbons (Fsp3) is 0.188. The summed E-state index contributed by atoms with van der Waals surface area (Å²) in [5, 5.41) is 9.04. The van der Waals surface area contributed by atoms with Crippen molar-refractivity contribution >= 4 is 38.6 Å². The Hall–Kier alpha value is -1.45. The number of carboxylic acids is 1. The Bertz CT molecular complexity index is 760. The molecule has 0 spiro atoms. The number of nitrogens with one attached hydrogen (secondary N) is 1. The minimum atomic E-state index is -3.66. The van der Waals surface area contributed by atoms with Gasteiger partial charge in [0, 0.05) is 16.0 Å². The van der Waals surface area contributed by atoms with Gasteiger partial charge >= 0.3 is 5.97 Å². The molecule has 0 aliphatic carbocycles. The topological polar surface area (TPSA) is 83.5 Å². The highest BCUT2D eigenvalue weighted by atomic mass is 127. The van der Waals surface area contributed by atoms with Crippen LogP contribution in [0.4, 0.5) is 0 Å². The zero-order chi connectivity index (χ0) is 16.9. The summed E-state index contributed by atoms with van der Waals surface area (Å²) < 4.78 is 28.1. The predicted octanol–water partition coefficient (Wildman–Crippen LogP) is 2.83. The molecule has 1 atom stereocenters. The molecule has 0 aromatic heterocycles. The van der Waals surface area contributed by atoms with Crippen LogP contribution >= 0.6 is 22.6 Å². The third-order valence-corrected chi connectivity index (χ3v) is 5.49. The first-order chi connectivity index (χ1) is 10.9. The summed E-state index contributed by atoms with van der Waals surface area (Å²) in [6.45, 7) is 0.0324. The van der Waals surface area contributed by atoms with E-state index in [-0.39, 0.29) is 17.9 Å². The van der Waals surface area contributed by atoms with Crippen molar-refractivity contribution in [3.63, 3.8) is 0 Å². The van der Waals surface area contributed by atoms with E-state index in [1.807, 2.05) is 6.07 Å². The standard InChI is InChI=1S/C16H16INO4S/c17-14-6-8-15(9-7-14)23(21,22)18-11-13(10-16(19)20)12-4-2-1-3-5-12/h1-9,13,18H,10-11H2,(H,19,20)/t13-/m0/s1. The van der Waals surface area contributed by atoms with E-state index in [2.05, 4.69) is 27.3 Å². The van der Waals surface area contributed by atoms with Gasteiger partial charge in [-0.25, -0.2) is 13.1 Å². The molecule has 7 heteroatoms. The van der Waals surface area contributed by atoms with Crippen LogP contribution in [0.3, 0.4) is 0 Å². The third-order valence-electron chi connectivity index (χ3n) is 3.34. The monoisotopic (exact) mass is 445 g/mol. The Morgan fingerprint density at radius 3 is 2.26 bits per heavy atom. The van der Waals surface area contributed by atoms with E-state index in [4.69, 9.17) is 5.11 Å². The van der Waals surface area contributed by atoms with Gasteiger partial charge in [0.25, 0.3) is 0 Å². The highest BCUT2D eigenvalue weighted by Gasteiger charge is 2.20. The Morgan fingerprint density at radius 2 is 1.70 bits per heavy atom. The summed E-state index contributed by atoms with van der Waals surface area (Å²) in [6, 6.07) is 15.5. The first kappa shape index (κ1) is 17.9. The second-order valence-corrected chi connectivity index (χ2v) is 8.02. The number of carbonyl (C=O) groups is 1. The molecule has 0 aliphatic heterocycles. The van der Waals surface area contributed by atoms with Crippen LogP contribution in [-0.4, -0.2) is 26.0 Å². The molecule has 0 heterocycles. The van der Waals surface area contributed by atoms with Crippen LogP contribution in [0.2, 0.25) is 0 Å². The SMILES string of the molecule is O=C(O)C[C@@H](CNS(=O)(=O)c1ccc(I)cc1)c1ccccc1. The van der Waals surface area contributed by atoms with E-state index in [1.165, 1.54) is 12.1 Å². The molecule has 0 saturated heterocycles. The van der Waals surface area contributed by atoms with Crippen molar-refractivity contribution in [3.05, 3.63) is 63.7 Å². The van der Waals surface area contributed by atoms with Gasteiger partial charge in [0.2, 0.25) is 10.0 Å². The molecule has 2 N–H and O–H groups in total. The Kier molecular flexibility index (Phi) is 6.14. The molecule has 23 heavy (non-hydrogen) atoms. The fourth-order valence-corrected chi connectivity index (χ4v) is 3.59. The van der Waals surface area contributed by atoms with Crippen LogP contribution in [0.1, 0.15) is 17.9 Å². The number of aliphatic carboxylic acids is 1. The maximum absolute atomic E-state index is 12.3. The average Bonchev–Trinajstić information content (AvgIpc) is 2.52. The number of halogens is 1. The predicted molar refractivity (Wildman–Crippen MR) is 95.8 cm³/mol. The highest BCUT2D eigenvalue weighted by Crippen LogP contribution is 2.20. The molecule has 0 amide bonds. The average molecular weight is 445 g/mol. The van der Waals surface area contributed by atoms with Gasteiger partial charge in [0.15, 0.2) is 0 Å². The van der Waals surface area contributed by atoms with Gasteiger partial charge in [-0.2, -0.15) is 0 Å². The van der Waals surface area contributed by atoms with Crippen molar-refractivity contribution in [2.45, 2.75) is 17.2 Å². The zero-order valence-corrected chi connectivity index (χ0v) is 15.1. The molecule has 5 nitrogen and oxygen atoms in total. The van der Waals surface area contributed by atoms with Gasteiger partial charge in [-0.3, -0.25) is 4.79 Å². The lowest BCUT2D eigenvalue weighted by Crippen LogP contribution is -2.29. The minimum absolute atomic E-state index is 0.0324. The van der Waals surface area contributed by atoms with Gasteiger partial charge in [-0.1, -0.05) is 30.3 Å². The third kappa shape index (κ3) is 5.29. The van der Waals surface area contributed by atoms with Crippen molar-refractivity contribution in [2.75, 3.05) is 6.54 Å². The molecular formula is C16H16INO4S. The lowest BCUT2D eigenvalue weighted by atomic mass is 9.96. The van der Waals surface area contributed by atoms with Crippen LogP contribution in [0.15, 0.2) is 59.5 Å². The van der Waals surface area contributed by atoms with Crippen LogP contribution in [0, 0.1) is 3.57 Å². The van der Waals surface area contributed by atoms with Crippen LogP contribution < -0.4 is 4.72 Å². The maximum Gasteiger partial charge on any atom is 0.304 e. The maximum atomic E-state index is 12.3. The fourth-order valence-electron chi connectivity index (χ4n) is 2.15. The minimum Gasteiger partial charge on any atom is -0.481 e. The van der Waals surface area contributed by atoms with Gasteiger partial charge in [-0.05, 0) is 52.4 Å². The second-order valence-electron chi connectivity index (χ2n) is 5.01. The summed E-state index contributed by atoms with van der Waals surface area (Å²) in [5.41, 5.74) is 0.792. The molecular weight excluding hydrogens is 429 g/mol. The largest absolute Gasteiger partial charge is 0.481 e. The smallest absolute Gasteiger partial charge is 0.304 e. The summed E-state index contributed by atoms with van der Waals surface area (Å²) in [5.74, 6) is -1.39. The molecule has 2 aromatic rings. The van der Waals surface area contributed by atoms with Crippen LogP contribution in [0.25, 0.3) is 0 Å². The Morgan fingerprint density at radius 1 is 1.09 bits per heavy atom. The first-order valence-corrected chi connectivity index (χ1v) is 9.46. The number of benzene rings is 2. The van der Waals surface area contributed by atoms with Gasteiger partial charge < -0.3 is 5.11 Å². The molecule has 2 rings (SSSR count). The number of sulfonamides is 1. The summed E-state index contributed by atoms with van der Waals surface area (Å²) in [4.78, 5) is 11.2. The van der Waals surface area contributed by atoms with E-state index in [0.29, 0.717) is 0 Å². The summed E-state index contributed by atoms with van der Waals surface area (Å²) >= 11 is 2.10. The molecule has 0 fully saturated rings. The number of hydrogen-bond donors (Lipinski definition) is 2. The Balaban J connectivity index is 2.14. The van der Waals surface area contributed by atoms with Gasteiger partial charge in [0.05, 0.1) is 11.3 Å². The van der Waals surface area contributed by atoms with Gasteiger partial charge in [0.1, 0.15) is 0 Å². The summed E-state index contributed by atoms with van der Waals surface area (Å²) in [7, 11) is -3.66. The van der Waals surface area contributed by atoms with Crippen molar-refractivity contribution in [1.29, 1.82) is 0 Å². The van der Waals surface area contributed by atoms with Crippen molar-refractivity contribution in [2.24, 2.45) is 0 Å². The molecule has 2 aromatic carbocycles. The molecule has 122 valence electrons. The number of hydrogen-bond acceptors (Lipinski definition) is 3. The van der Waals surface area contributed by atoms with Gasteiger partial charge in [-0.15, -0.1) is 0 Å². The van der Waals surface area contributed by atoms with Crippen LogP contribution in [-0.2, 0) is 14.8 Å². The quantitative estimate of drug-likeness (QED) is 0.643. The summed E-state index contributed by atoms with van der Waals surface area (Å²) in [6.07, 6.45) is -0.140. The van der Waals surface area contributed by atoms with E-state index < -0.39 is 21.9 Å². The zero-order valence-electron chi connectivity index (χ0n) is 12.1. The second kappa shape index (κ2) is 7.89. The lowest BCUT2D eigenvalue weighted by Gasteiger charge is -2.16.